The van der Waals surface area contributed by atoms with Gasteiger partial charge in [-0.1, -0.05) is 23.7 Å². The van der Waals surface area contributed by atoms with Crippen LogP contribution in [0.4, 0.5) is 0 Å². The second kappa shape index (κ2) is 8.15. The number of allylic oxidation sites excluding steroid dienone is 1. The number of methoxy groups -OCH3 is 1. The summed E-state index contributed by atoms with van der Waals surface area (Å²) in [6.45, 7) is 1.76. The highest BCUT2D eigenvalue weighted by Crippen LogP contribution is 2.38. The first-order chi connectivity index (χ1) is 15.9. The third kappa shape index (κ3) is 3.97. The number of esters is 1. The number of aryl methyl sites for hydroxylation is 1. The van der Waals surface area contributed by atoms with E-state index in [1.54, 1.807) is 56.5 Å². The third-order valence-electron chi connectivity index (χ3n) is 5.23. The van der Waals surface area contributed by atoms with Gasteiger partial charge in [0.1, 0.15) is 22.8 Å². The summed E-state index contributed by atoms with van der Waals surface area (Å²) in [5, 5.41) is 1.23. The summed E-state index contributed by atoms with van der Waals surface area (Å²) in [5.74, 6) is 0.555. The molecular formula is C26H17ClO6. The van der Waals surface area contributed by atoms with E-state index in [4.69, 9.17) is 30.2 Å². The fourth-order valence-corrected chi connectivity index (χ4v) is 3.87. The number of hydrogen-bond donors (Lipinski definition) is 0. The molecule has 1 aliphatic rings. The highest BCUT2D eigenvalue weighted by atomic mass is 35.5. The van der Waals surface area contributed by atoms with Gasteiger partial charge in [-0.25, -0.2) is 4.79 Å². The maximum Gasteiger partial charge on any atom is 0.379 e. The average molecular weight is 461 g/mol. The van der Waals surface area contributed by atoms with Gasteiger partial charge in [0, 0.05) is 16.5 Å². The van der Waals surface area contributed by atoms with E-state index >= 15 is 0 Å². The Bertz CT molecular complexity index is 1460. The van der Waals surface area contributed by atoms with Gasteiger partial charge in [-0.15, -0.1) is 0 Å². The molecule has 1 aromatic heterocycles. The van der Waals surface area contributed by atoms with Gasteiger partial charge in [-0.3, -0.25) is 4.79 Å². The van der Waals surface area contributed by atoms with Gasteiger partial charge in [0.15, 0.2) is 5.76 Å². The predicted octanol–water partition coefficient (Wildman–Crippen LogP) is 6.24. The number of ether oxygens (including phenoxy) is 3. The van der Waals surface area contributed by atoms with Gasteiger partial charge in [0.2, 0.25) is 11.5 Å². The van der Waals surface area contributed by atoms with E-state index < -0.39 is 5.97 Å². The first kappa shape index (κ1) is 20.8. The van der Waals surface area contributed by atoms with Crippen LogP contribution in [0.2, 0.25) is 5.02 Å². The molecule has 0 aliphatic carbocycles. The maximum atomic E-state index is 12.9. The van der Waals surface area contributed by atoms with Gasteiger partial charge in [0.05, 0.1) is 12.7 Å². The zero-order valence-electron chi connectivity index (χ0n) is 17.7. The minimum absolute atomic E-state index is 0.0426. The average Bonchev–Trinajstić information content (AvgIpc) is 3.35. The van der Waals surface area contributed by atoms with Crippen LogP contribution in [0.15, 0.2) is 70.8 Å². The SMILES string of the molecule is COc1cccc(/C=C2\Oc3cc(OC(=O)c4cc5cc(Cl)ccc5o4)cc(C)c3C2=O)c1. The fraction of sp³-hybridized carbons (Fsp3) is 0.0769. The lowest BCUT2D eigenvalue weighted by Crippen LogP contribution is -2.07. The molecule has 3 aromatic carbocycles. The summed E-state index contributed by atoms with van der Waals surface area (Å²) in [6.07, 6.45) is 1.65. The zero-order chi connectivity index (χ0) is 23.1. The van der Waals surface area contributed by atoms with E-state index in [9.17, 15) is 9.59 Å². The van der Waals surface area contributed by atoms with Crippen LogP contribution in [0.25, 0.3) is 17.0 Å². The minimum atomic E-state index is -0.668. The van der Waals surface area contributed by atoms with Crippen LogP contribution in [0, 0.1) is 6.92 Å². The molecule has 0 bridgehead atoms. The lowest BCUT2D eigenvalue weighted by Gasteiger charge is -2.06. The Balaban J connectivity index is 1.41. The number of Topliss-reactive ketones (excluding diaryl/α,β-unsaturated/α-hetero) is 1. The molecule has 1 aliphatic heterocycles. The highest BCUT2D eigenvalue weighted by molar-refractivity contribution is 6.31. The Labute approximate surface area is 193 Å². The van der Waals surface area contributed by atoms with Crippen molar-refractivity contribution < 1.29 is 28.2 Å². The monoisotopic (exact) mass is 460 g/mol. The lowest BCUT2D eigenvalue weighted by molar-refractivity contribution is 0.0703. The number of ketones is 1. The number of rotatable bonds is 4. The van der Waals surface area contributed by atoms with Crippen LogP contribution in [0.3, 0.4) is 0 Å². The van der Waals surface area contributed by atoms with Crippen molar-refractivity contribution in [2.45, 2.75) is 6.92 Å². The molecule has 0 saturated heterocycles. The summed E-state index contributed by atoms with van der Waals surface area (Å²) >= 11 is 5.99. The van der Waals surface area contributed by atoms with Gasteiger partial charge < -0.3 is 18.6 Å². The standard InChI is InChI=1S/C26H17ClO6/c1-14-8-19(31-26(29)23-12-16-11-17(27)6-7-20(16)32-23)13-21-24(14)25(28)22(33-21)10-15-4-3-5-18(9-15)30-2/h3-13H,1-2H3/b22-10-. The van der Waals surface area contributed by atoms with Crippen molar-refractivity contribution in [3.63, 3.8) is 0 Å². The van der Waals surface area contributed by atoms with Gasteiger partial charge in [-0.2, -0.15) is 0 Å². The van der Waals surface area contributed by atoms with E-state index in [1.807, 2.05) is 18.2 Å². The maximum absolute atomic E-state index is 12.9. The van der Waals surface area contributed by atoms with E-state index in [-0.39, 0.29) is 23.1 Å². The van der Waals surface area contributed by atoms with Gasteiger partial charge in [0.25, 0.3) is 0 Å². The van der Waals surface area contributed by atoms with E-state index in [2.05, 4.69) is 0 Å². The number of fused-ring (bicyclic) bond motifs is 2. The van der Waals surface area contributed by atoms with Crippen LogP contribution in [-0.4, -0.2) is 18.9 Å². The molecule has 5 rings (SSSR count). The normalized spacial score (nSPS) is 13.8. The molecule has 0 unspecified atom stereocenters. The molecule has 0 fully saturated rings. The highest BCUT2D eigenvalue weighted by Gasteiger charge is 2.30. The second-order valence-electron chi connectivity index (χ2n) is 7.51. The first-order valence-electron chi connectivity index (χ1n) is 10.1. The summed E-state index contributed by atoms with van der Waals surface area (Å²) in [5.41, 5.74) is 2.35. The van der Waals surface area contributed by atoms with Gasteiger partial charge >= 0.3 is 5.97 Å². The fourth-order valence-electron chi connectivity index (χ4n) is 3.69. The Kier molecular flexibility index (Phi) is 5.15. The number of hydrogen-bond acceptors (Lipinski definition) is 6. The molecule has 164 valence electrons. The van der Waals surface area contributed by atoms with E-state index in [0.29, 0.717) is 38.6 Å². The number of benzene rings is 3. The molecule has 0 saturated carbocycles. The molecule has 0 radical (unpaired) electrons. The Hall–Kier alpha value is -4.03. The van der Waals surface area contributed by atoms with Crippen molar-refractivity contribution in [1.29, 1.82) is 0 Å². The van der Waals surface area contributed by atoms with E-state index in [0.717, 1.165) is 5.56 Å². The molecule has 33 heavy (non-hydrogen) atoms. The number of carbonyl (C=O) groups excluding carboxylic acids is 2. The van der Waals surface area contributed by atoms with Crippen molar-refractivity contribution in [3.8, 4) is 17.2 Å². The van der Waals surface area contributed by atoms with Crippen LogP contribution in [-0.2, 0) is 0 Å². The zero-order valence-corrected chi connectivity index (χ0v) is 18.4. The van der Waals surface area contributed by atoms with Crippen molar-refractivity contribution in [3.05, 3.63) is 93.9 Å². The molecule has 0 amide bonds. The minimum Gasteiger partial charge on any atom is -0.497 e. The van der Waals surface area contributed by atoms with E-state index in [1.165, 1.54) is 6.07 Å². The van der Waals surface area contributed by atoms with Crippen molar-refractivity contribution in [1.82, 2.24) is 0 Å². The molecule has 0 atom stereocenters. The Morgan fingerprint density at radius 3 is 2.70 bits per heavy atom. The Morgan fingerprint density at radius 1 is 1.03 bits per heavy atom. The molecule has 6 nitrogen and oxygen atoms in total. The lowest BCUT2D eigenvalue weighted by atomic mass is 10.0. The van der Waals surface area contributed by atoms with Crippen molar-refractivity contribution >= 4 is 40.4 Å². The Morgan fingerprint density at radius 2 is 1.88 bits per heavy atom. The smallest absolute Gasteiger partial charge is 0.379 e. The molecular weight excluding hydrogens is 444 g/mol. The first-order valence-corrected chi connectivity index (χ1v) is 10.4. The number of carbonyl (C=O) groups is 2. The van der Waals surface area contributed by atoms with Crippen LogP contribution >= 0.6 is 11.6 Å². The third-order valence-corrected chi connectivity index (χ3v) is 5.46. The van der Waals surface area contributed by atoms with Crippen molar-refractivity contribution in [2.24, 2.45) is 0 Å². The van der Waals surface area contributed by atoms with Crippen molar-refractivity contribution in [2.75, 3.05) is 7.11 Å². The summed E-state index contributed by atoms with van der Waals surface area (Å²) < 4.78 is 22.1. The molecule has 7 heteroatoms. The topological polar surface area (TPSA) is 75.0 Å². The second-order valence-corrected chi connectivity index (χ2v) is 7.95. The summed E-state index contributed by atoms with van der Waals surface area (Å²) in [7, 11) is 1.58. The summed E-state index contributed by atoms with van der Waals surface area (Å²) in [4.78, 5) is 25.5. The van der Waals surface area contributed by atoms with Crippen LogP contribution in [0.5, 0.6) is 17.2 Å². The molecule has 0 N–H and O–H groups in total. The summed E-state index contributed by atoms with van der Waals surface area (Å²) in [6, 6.07) is 17.0. The number of furan rings is 1. The van der Waals surface area contributed by atoms with Crippen LogP contribution in [0.1, 0.15) is 32.0 Å². The molecule has 0 spiro atoms. The predicted molar refractivity (Wildman–Crippen MR) is 123 cm³/mol. The number of halogens is 1. The molecule has 4 aromatic rings. The van der Waals surface area contributed by atoms with Gasteiger partial charge in [-0.05, 0) is 66.6 Å². The quantitative estimate of drug-likeness (QED) is 0.204. The molecule has 2 heterocycles. The van der Waals surface area contributed by atoms with Crippen LogP contribution < -0.4 is 14.2 Å². The largest absolute Gasteiger partial charge is 0.497 e.